The molecule has 3 aromatic rings. The maximum absolute atomic E-state index is 13.9. The lowest BCUT2D eigenvalue weighted by atomic mass is 9.48. The summed E-state index contributed by atoms with van der Waals surface area (Å²) in [7, 11) is 0. The smallest absolute Gasteiger partial charge is 0.239 e. The number of rotatable bonds is 2. The molecule has 0 N–H and O–H groups in total. The lowest BCUT2D eigenvalue weighted by Gasteiger charge is -2.51. The largest absolute Gasteiger partial charge is 0.302 e. The Morgan fingerprint density at radius 1 is 0.903 bits per heavy atom. The van der Waals surface area contributed by atoms with Gasteiger partial charge in [-0.1, -0.05) is 66.2 Å². The normalized spacial score (nSPS) is 27.7. The van der Waals surface area contributed by atoms with Crippen molar-refractivity contribution in [3.05, 3.63) is 99.6 Å². The zero-order valence-electron chi connectivity index (χ0n) is 16.7. The maximum atomic E-state index is 13.9. The predicted molar refractivity (Wildman–Crippen MR) is 117 cm³/mol. The summed E-state index contributed by atoms with van der Waals surface area (Å²) in [6.45, 7) is 1.85. The number of imide groups is 1. The Morgan fingerprint density at radius 2 is 1.52 bits per heavy atom. The molecule has 2 bridgehead atoms. The summed E-state index contributed by atoms with van der Waals surface area (Å²) in [6, 6.07) is 20.6. The highest BCUT2D eigenvalue weighted by Gasteiger charge is 2.68. The Morgan fingerprint density at radius 3 is 2.13 bits per heavy atom. The number of benzene rings is 3. The monoisotopic (exact) mass is 427 g/mol. The molecule has 1 fully saturated rings. The molecule has 2 atom stereocenters. The van der Waals surface area contributed by atoms with Gasteiger partial charge >= 0.3 is 0 Å². The standard InChI is InChI=1S/C26H18ClNO3/c1-14-10-11-15(27)12-20(14)28-24(30)22-21-16-6-2-4-8-18(16)26(13-29,23(22)25(28)31)19-9-5-3-7-17(19)21/h2-13,21-23H,1H3. The number of amides is 2. The molecule has 1 aliphatic heterocycles. The predicted octanol–water partition coefficient (Wildman–Crippen LogP) is 4.40. The van der Waals surface area contributed by atoms with Crippen molar-refractivity contribution in [2.45, 2.75) is 18.3 Å². The highest BCUT2D eigenvalue weighted by atomic mass is 35.5. The minimum Gasteiger partial charge on any atom is -0.302 e. The Kier molecular flexibility index (Phi) is 3.67. The summed E-state index contributed by atoms with van der Waals surface area (Å²) in [4.78, 5) is 41.9. The van der Waals surface area contributed by atoms with E-state index in [0.29, 0.717) is 10.7 Å². The summed E-state index contributed by atoms with van der Waals surface area (Å²) < 4.78 is 0. The molecule has 0 spiro atoms. The van der Waals surface area contributed by atoms with Gasteiger partial charge in [-0.15, -0.1) is 0 Å². The first-order valence-corrected chi connectivity index (χ1v) is 10.7. The molecule has 5 heteroatoms. The average Bonchev–Trinajstić information content (AvgIpc) is 3.06. The first kappa shape index (κ1) is 18.5. The Balaban J connectivity index is 1.66. The van der Waals surface area contributed by atoms with Gasteiger partial charge in [-0.2, -0.15) is 0 Å². The van der Waals surface area contributed by atoms with E-state index in [1.807, 2.05) is 55.5 Å². The van der Waals surface area contributed by atoms with E-state index in [-0.39, 0.29) is 17.7 Å². The summed E-state index contributed by atoms with van der Waals surface area (Å²) in [5.74, 6) is -2.26. The number of nitrogens with zero attached hydrogens (tertiary/aromatic N) is 1. The van der Waals surface area contributed by atoms with Crippen LogP contribution in [0, 0.1) is 18.8 Å². The summed E-state index contributed by atoms with van der Waals surface area (Å²) >= 11 is 6.21. The number of carbonyl (C=O) groups is 3. The topological polar surface area (TPSA) is 54.5 Å². The second-order valence-electron chi connectivity index (χ2n) is 8.59. The van der Waals surface area contributed by atoms with E-state index < -0.39 is 17.3 Å². The third kappa shape index (κ3) is 2.08. The number of hydrogen-bond acceptors (Lipinski definition) is 3. The molecule has 0 aromatic heterocycles. The van der Waals surface area contributed by atoms with Crippen molar-refractivity contribution < 1.29 is 14.4 Å². The van der Waals surface area contributed by atoms with Crippen molar-refractivity contribution in [1.29, 1.82) is 0 Å². The number of anilines is 1. The van der Waals surface area contributed by atoms with Gasteiger partial charge in [-0.05, 0) is 46.9 Å². The fourth-order valence-electron chi connectivity index (χ4n) is 6.09. The zero-order chi connectivity index (χ0) is 21.5. The van der Waals surface area contributed by atoms with Crippen LogP contribution in [0.25, 0.3) is 0 Å². The molecular formula is C26H18ClNO3. The molecule has 4 aliphatic rings. The average molecular weight is 428 g/mol. The number of carbonyl (C=O) groups excluding carboxylic acids is 3. The van der Waals surface area contributed by atoms with E-state index in [0.717, 1.165) is 34.1 Å². The van der Waals surface area contributed by atoms with E-state index in [2.05, 4.69) is 0 Å². The van der Waals surface area contributed by atoms with Gasteiger partial charge in [0.05, 0.1) is 22.9 Å². The van der Waals surface area contributed by atoms with Crippen molar-refractivity contribution in [3.8, 4) is 0 Å². The molecule has 3 aliphatic carbocycles. The fraction of sp³-hybridized carbons (Fsp3) is 0.192. The molecule has 3 aromatic carbocycles. The molecule has 4 nitrogen and oxygen atoms in total. The zero-order valence-corrected chi connectivity index (χ0v) is 17.5. The van der Waals surface area contributed by atoms with E-state index in [1.165, 1.54) is 4.90 Å². The van der Waals surface area contributed by atoms with Gasteiger partial charge in [-0.25, -0.2) is 4.90 Å². The van der Waals surface area contributed by atoms with Crippen molar-refractivity contribution in [2.24, 2.45) is 11.8 Å². The van der Waals surface area contributed by atoms with Gasteiger partial charge in [0.25, 0.3) is 0 Å². The lowest BCUT2D eigenvalue weighted by molar-refractivity contribution is -0.128. The van der Waals surface area contributed by atoms with Gasteiger partial charge < -0.3 is 4.79 Å². The molecule has 0 radical (unpaired) electrons. The van der Waals surface area contributed by atoms with Crippen molar-refractivity contribution in [2.75, 3.05) is 4.90 Å². The van der Waals surface area contributed by atoms with Crippen LogP contribution in [-0.2, 0) is 19.8 Å². The lowest BCUT2D eigenvalue weighted by Crippen LogP contribution is -2.54. The van der Waals surface area contributed by atoms with E-state index in [1.54, 1.807) is 18.2 Å². The third-order valence-corrected chi connectivity index (χ3v) is 7.52. The highest BCUT2D eigenvalue weighted by Crippen LogP contribution is 2.63. The van der Waals surface area contributed by atoms with Crippen molar-refractivity contribution in [1.82, 2.24) is 0 Å². The summed E-state index contributed by atoms with van der Waals surface area (Å²) in [5, 5.41) is 0.454. The first-order valence-electron chi connectivity index (χ1n) is 10.3. The molecule has 1 saturated heterocycles. The van der Waals surface area contributed by atoms with Crippen LogP contribution >= 0.6 is 11.6 Å². The number of aryl methyl sites for hydroxylation is 1. The van der Waals surface area contributed by atoms with Gasteiger partial charge in [0.15, 0.2) is 0 Å². The molecule has 31 heavy (non-hydrogen) atoms. The number of aldehydes is 1. The summed E-state index contributed by atoms with van der Waals surface area (Å²) in [6.07, 6.45) is 0.886. The maximum Gasteiger partial charge on any atom is 0.239 e. The minimum absolute atomic E-state index is 0.263. The Labute approximate surface area is 184 Å². The van der Waals surface area contributed by atoms with Gasteiger partial charge in [-0.3, -0.25) is 9.59 Å². The summed E-state index contributed by atoms with van der Waals surface area (Å²) in [5.41, 5.74) is 3.68. The molecule has 2 unspecified atom stereocenters. The second-order valence-corrected chi connectivity index (χ2v) is 9.02. The molecule has 7 rings (SSSR count). The second kappa shape index (κ2) is 6.14. The molecule has 1 heterocycles. The third-order valence-electron chi connectivity index (χ3n) is 7.28. The molecular weight excluding hydrogens is 410 g/mol. The van der Waals surface area contributed by atoms with E-state index in [4.69, 9.17) is 11.6 Å². The molecule has 152 valence electrons. The minimum atomic E-state index is -1.18. The van der Waals surface area contributed by atoms with Crippen LogP contribution in [0.15, 0.2) is 66.7 Å². The van der Waals surface area contributed by atoms with Crippen LogP contribution in [0.1, 0.15) is 33.7 Å². The quantitative estimate of drug-likeness (QED) is 0.450. The van der Waals surface area contributed by atoms with Gasteiger partial charge in [0.1, 0.15) is 6.29 Å². The van der Waals surface area contributed by atoms with Crippen LogP contribution in [0.5, 0.6) is 0 Å². The number of halogens is 1. The van der Waals surface area contributed by atoms with Gasteiger partial charge in [0, 0.05) is 10.9 Å². The SMILES string of the molecule is Cc1ccc(Cl)cc1N1C(=O)C2C3c4ccccc4C(C=O)(c4ccccc43)C2C1=O. The fourth-order valence-corrected chi connectivity index (χ4v) is 6.26. The van der Waals surface area contributed by atoms with Crippen LogP contribution in [0.2, 0.25) is 5.02 Å². The van der Waals surface area contributed by atoms with Crippen LogP contribution in [0.4, 0.5) is 5.69 Å². The van der Waals surface area contributed by atoms with Gasteiger partial charge in [0.2, 0.25) is 11.8 Å². The first-order chi connectivity index (χ1) is 15.0. The van der Waals surface area contributed by atoms with Crippen LogP contribution < -0.4 is 4.90 Å². The van der Waals surface area contributed by atoms with Crippen LogP contribution in [0.3, 0.4) is 0 Å². The van der Waals surface area contributed by atoms with E-state index in [9.17, 15) is 14.4 Å². The van der Waals surface area contributed by atoms with Crippen molar-refractivity contribution >= 4 is 35.4 Å². The van der Waals surface area contributed by atoms with Crippen LogP contribution in [-0.4, -0.2) is 18.1 Å². The molecule has 0 saturated carbocycles. The van der Waals surface area contributed by atoms with E-state index >= 15 is 0 Å². The Hall–Kier alpha value is -3.24. The van der Waals surface area contributed by atoms with Crippen molar-refractivity contribution in [3.63, 3.8) is 0 Å². The highest BCUT2D eigenvalue weighted by molar-refractivity contribution is 6.31. The molecule has 2 amide bonds. The number of hydrogen-bond donors (Lipinski definition) is 0. The Bertz CT molecular complexity index is 1270.